The molecule has 1 aromatic rings. The third kappa shape index (κ3) is 10.9. The summed E-state index contributed by atoms with van der Waals surface area (Å²) in [7, 11) is -5.84. The predicted molar refractivity (Wildman–Crippen MR) is 143 cm³/mol. The summed E-state index contributed by atoms with van der Waals surface area (Å²) in [5, 5.41) is 3.57. The maximum absolute atomic E-state index is 9.75. The van der Waals surface area contributed by atoms with Crippen molar-refractivity contribution in [2.45, 2.75) is 102 Å². The third-order valence-corrected chi connectivity index (χ3v) is 13.6. The zero-order valence-electron chi connectivity index (χ0n) is 20.9. The van der Waals surface area contributed by atoms with Crippen LogP contribution < -0.4 is 10.6 Å². The molecule has 4 rings (SSSR count). The molecule has 1 aliphatic carbocycles. The molecule has 8 heteroatoms. The Bertz CT molecular complexity index is 676. The summed E-state index contributed by atoms with van der Waals surface area (Å²) in [6.45, 7) is 10.0. The molecule has 1 aromatic carbocycles. The third-order valence-electron chi connectivity index (χ3n) is 6.68. The molecule has 0 saturated carbocycles. The van der Waals surface area contributed by atoms with Crippen LogP contribution in [0.2, 0.25) is 0 Å². The van der Waals surface area contributed by atoms with Gasteiger partial charge in [0.05, 0.1) is 0 Å². The molecule has 0 amide bonds. The minimum absolute atomic E-state index is 0. The van der Waals surface area contributed by atoms with E-state index in [1.54, 1.807) is 10.6 Å². The van der Waals surface area contributed by atoms with E-state index >= 15 is 0 Å². The first-order valence-corrected chi connectivity index (χ1v) is 15.4. The molecule has 0 aromatic heterocycles. The van der Waals surface area contributed by atoms with E-state index in [0.29, 0.717) is 0 Å². The van der Waals surface area contributed by atoms with Gasteiger partial charge in [-0.25, -0.2) is 0 Å². The van der Waals surface area contributed by atoms with Gasteiger partial charge in [0.2, 0.25) is 0 Å². The average Bonchev–Trinajstić information content (AvgIpc) is 3.21. The van der Waals surface area contributed by atoms with Gasteiger partial charge in [-0.1, -0.05) is 92.1 Å². The molecule has 3 aliphatic rings. The van der Waals surface area contributed by atoms with Crippen molar-refractivity contribution in [3.63, 3.8) is 0 Å². The van der Waals surface area contributed by atoms with Gasteiger partial charge < -0.3 is 17.3 Å². The van der Waals surface area contributed by atoms with E-state index in [-0.39, 0.29) is 35.3 Å². The van der Waals surface area contributed by atoms with Gasteiger partial charge >= 0.3 is 7.25 Å². The van der Waals surface area contributed by atoms with Gasteiger partial charge in [-0.15, -0.1) is 0 Å². The summed E-state index contributed by atoms with van der Waals surface area (Å²) in [6, 6.07) is 9.55. The van der Waals surface area contributed by atoms with Gasteiger partial charge in [0.25, 0.3) is 0 Å². The summed E-state index contributed by atoms with van der Waals surface area (Å²) in [5.74, 6) is 0. The van der Waals surface area contributed by atoms with Crippen molar-refractivity contribution >= 4 is 33.7 Å². The van der Waals surface area contributed by atoms with Crippen LogP contribution in [0.15, 0.2) is 48.6 Å². The summed E-state index contributed by atoms with van der Waals surface area (Å²) in [5.41, 5.74) is 3.74. The fraction of sp³-hybridized carbons (Fsp3) is 0.615. The molecular weight excluding hydrogens is 564 g/mol. The molecule has 0 spiro atoms. The van der Waals surface area contributed by atoms with Crippen LogP contribution in [0.5, 0.6) is 0 Å². The second kappa shape index (κ2) is 15.9. The number of hydrogen-bond acceptors (Lipinski definition) is 0. The van der Waals surface area contributed by atoms with Gasteiger partial charge in [-0.3, -0.25) is 0 Å². The molecule has 0 unspecified atom stereocenters. The molecule has 34 heavy (non-hydrogen) atoms. The van der Waals surface area contributed by atoms with Crippen LogP contribution in [0.1, 0.15) is 79.1 Å². The molecule has 0 bridgehead atoms. The van der Waals surface area contributed by atoms with E-state index in [9.17, 15) is 17.3 Å². The van der Waals surface area contributed by atoms with Crippen LogP contribution in [0, 0.1) is 0 Å². The fourth-order valence-corrected chi connectivity index (χ4v) is 12.3. The Labute approximate surface area is 220 Å². The summed E-state index contributed by atoms with van der Waals surface area (Å²) in [6.07, 6.45) is 19.8. The zero-order chi connectivity index (χ0) is 24.4. The van der Waals surface area contributed by atoms with E-state index in [1.165, 1.54) is 51.4 Å². The number of halogens is 4. The Balaban J connectivity index is 0.000000343. The average molecular weight is 604 g/mol. The first-order valence-electron chi connectivity index (χ1n) is 12.4. The summed E-state index contributed by atoms with van der Waals surface area (Å²) in [4.78, 5) is 0. The van der Waals surface area contributed by atoms with Gasteiger partial charge in [-0.05, 0) is 84.6 Å². The molecule has 2 saturated heterocycles. The van der Waals surface area contributed by atoms with Crippen molar-refractivity contribution in [3.8, 4) is 0 Å². The molecule has 2 fully saturated rings. The minimum Gasteiger partial charge on any atom is -0.418 e. The van der Waals surface area contributed by atoms with Crippen LogP contribution in [0.25, 0.3) is 0 Å². The monoisotopic (exact) mass is 604 g/mol. The van der Waals surface area contributed by atoms with Crippen LogP contribution in [-0.4, -0.2) is 29.9 Å². The maximum atomic E-state index is 9.75. The van der Waals surface area contributed by atoms with Gasteiger partial charge in [0, 0.05) is 19.5 Å². The number of hydrogen-bond donors (Lipinski definition) is 0. The topological polar surface area (TPSA) is 0 Å². The summed E-state index contributed by atoms with van der Waals surface area (Å²) < 4.78 is 39.0. The Hall–Kier alpha value is -0.0317. The molecule has 2 aliphatic heterocycles. The summed E-state index contributed by atoms with van der Waals surface area (Å²) >= 11 is 0. The first kappa shape index (κ1) is 32.0. The van der Waals surface area contributed by atoms with Crippen molar-refractivity contribution in [1.82, 2.24) is 0 Å². The SMILES string of the molecule is C1=C\CC/C=C\CC/1.C[C@H]1CC[C@H](C)P1c1ccccc1P1[C@@H](C)CC[C@@H]1C.F[B-](F)(F)F.[Rh]. The van der Waals surface area contributed by atoms with Crippen molar-refractivity contribution in [3.05, 3.63) is 48.6 Å². The van der Waals surface area contributed by atoms with Crippen LogP contribution in [0.4, 0.5) is 17.3 Å². The Morgan fingerprint density at radius 3 is 1.06 bits per heavy atom. The molecule has 195 valence electrons. The second-order valence-corrected chi connectivity index (χ2v) is 15.6. The van der Waals surface area contributed by atoms with Crippen molar-refractivity contribution in [1.29, 1.82) is 0 Å². The van der Waals surface area contributed by atoms with E-state index in [0.717, 1.165) is 22.6 Å². The van der Waals surface area contributed by atoms with E-state index < -0.39 is 7.25 Å². The number of rotatable bonds is 2. The second-order valence-electron chi connectivity index (χ2n) is 9.45. The molecule has 1 radical (unpaired) electrons. The van der Waals surface area contributed by atoms with Crippen LogP contribution in [0.3, 0.4) is 0 Å². The number of benzene rings is 1. The molecule has 2 heterocycles. The van der Waals surface area contributed by atoms with Gasteiger partial charge in [0.1, 0.15) is 0 Å². The largest absolute Gasteiger partial charge is 0.673 e. The van der Waals surface area contributed by atoms with Crippen LogP contribution >= 0.6 is 15.8 Å². The number of allylic oxidation sites excluding steroid dienone is 4. The van der Waals surface area contributed by atoms with Crippen molar-refractivity contribution in [2.24, 2.45) is 0 Å². The first-order chi connectivity index (χ1) is 15.6. The standard InChI is InChI=1S/C18H28P2.C8H12.BF4.Rh/c1-13-9-10-14(2)19(13)17-7-5-6-8-18(17)20-15(3)11-12-16(20)4;1-2-4-6-8-7-5-3-1;2-1(3,4)5;/h5-8,13-16H,9-12H2,1-4H3;1-2,7-8H,3-6H2;;/q;;-1;/b;2-1-,8-7-;;/t13-,14-,15-,16-;;;/m0.../s1. The maximum Gasteiger partial charge on any atom is 0.673 e. The minimum atomic E-state index is -6.00. The quantitative estimate of drug-likeness (QED) is 0.137. The molecule has 4 atom stereocenters. The normalized spacial score (nSPS) is 29.4. The van der Waals surface area contributed by atoms with Crippen LogP contribution in [-0.2, 0) is 19.5 Å². The Morgan fingerprint density at radius 2 is 0.824 bits per heavy atom. The smallest absolute Gasteiger partial charge is 0.418 e. The Morgan fingerprint density at radius 1 is 0.588 bits per heavy atom. The van der Waals surface area contributed by atoms with Crippen molar-refractivity contribution < 1.29 is 36.7 Å². The Kier molecular flexibility index (Phi) is 15.0. The van der Waals surface area contributed by atoms with E-state index in [2.05, 4.69) is 76.3 Å². The van der Waals surface area contributed by atoms with Crippen molar-refractivity contribution in [2.75, 3.05) is 0 Å². The predicted octanol–water partition coefficient (Wildman–Crippen LogP) is 9.01. The van der Waals surface area contributed by atoms with Gasteiger partial charge in [0.15, 0.2) is 0 Å². The van der Waals surface area contributed by atoms with E-state index in [1.807, 2.05) is 0 Å². The molecular formula is C26H40BF4P2Rh-. The zero-order valence-corrected chi connectivity index (χ0v) is 24.3. The molecule has 0 N–H and O–H groups in total. The van der Waals surface area contributed by atoms with E-state index in [4.69, 9.17) is 0 Å². The fourth-order valence-electron chi connectivity index (χ4n) is 5.10. The molecule has 0 nitrogen and oxygen atoms in total. The van der Waals surface area contributed by atoms with Gasteiger partial charge in [-0.2, -0.15) is 0 Å².